The molecule has 0 aromatic carbocycles. The van der Waals surface area contributed by atoms with Crippen molar-refractivity contribution >= 4 is 13.1 Å². The number of carbonyl (C=O) groups is 1. The Bertz CT molecular complexity index is 392. The Balaban J connectivity index is 0.000000270. The summed E-state index contributed by atoms with van der Waals surface area (Å²) >= 11 is 0. The van der Waals surface area contributed by atoms with Gasteiger partial charge in [0, 0.05) is 18.4 Å². The summed E-state index contributed by atoms with van der Waals surface area (Å²) < 4.78 is 43.8. The average Bonchev–Trinajstić information content (AvgIpc) is 2.44. The first-order valence-electron chi connectivity index (χ1n) is 6.58. The summed E-state index contributed by atoms with van der Waals surface area (Å²) in [7, 11) is -0.0613. The van der Waals surface area contributed by atoms with Crippen molar-refractivity contribution < 1.29 is 32.4 Å². The Morgan fingerprint density at radius 1 is 1.10 bits per heavy atom. The molecular weight excluding hydrogens is 290 g/mol. The van der Waals surface area contributed by atoms with Gasteiger partial charge < -0.3 is 19.7 Å². The first kappa shape index (κ1) is 18.3. The van der Waals surface area contributed by atoms with E-state index in [1.165, 1.54) is 0 Å². The molecule has 2 heterocycles. The molecule has 21 heavy (non-hydrogen) atoms. The predicted molar refractivity (Wildman–Crippen MR) is 71.0 cm³/mol. The van der Waals surface area contributed by atoms with Gasteiger partial charge in [0.05, 0.1) is 11.2 Å². The number of alkyl halides is 3. The maximum Gasteiger partial charge on any atom is 0.490 e. The molecular formula is C12H21BF3NO4. The fourth-order valence-electron chi connectivity index (χ4n) is 1.81. The zero-order valence-corrected chi connectivity index (χ0v) is 12.8. The van der Waals surface area contributed by atoms with Gasteiger partial charge in [0.2, 0.25) is 0 Å². The third-order valence-corrected chi connectivity index (χ3v) is 4.12. The maximum absolute atomic E-state index is 10.6. The van der Waals surface area contributed by atoms with Crippen molar-refractivity contribution in [3.8, 4) is 0 Å². The third kappa shape index (κ3) is 3.89. The summed E-state index contributed by atoms with van der Waals surface area (Å²) in [5.74, 6) is -2.76. The minimum atomic E-state index is -5.08. The number of nitrogens with one attached hydrogen (secondary N) is 1. The largest absolute Gasteiger partial charge is 0.490 e. The van der Waals surface area contributed by atoms with Gasteiger partial charge in [0.1, 0.15) is 0 Å². The van der Waals surface area contributed by atoms with Gasteiger partial charge in [-0.15, -0.1) is 0 Å². The monoisotopic (exact) mass is 311 g/mol. The van der Waals surface area contributed by atoms with Gasteiger partial charge in [-0.1, -0.05) is 6.92 Å². The van der Waals surface area contributed by atoms with E-state index in [4.69, 9.17) is 19.2 Å². The molecule has 122 valence electrons. The van der Waals surface area contributed by atoms with Gasteiger partial charge >= 0.3 is 19.3 Å². The van der Waals surface area contributed by atoms with Crippen LogP contribution in [0.4, 0.5) is 13.2 Å². The lowest BCUT2D eigenvalue weighted by molar-refractivity contribution is -0.192. The zero-order chi connectivity index (χ0) is 16.7. The van der Waals surface area contributed by atoms with Crippen molar-refractivity contribution in [2.75, 3.05) is 13.1 Å². The van der Waals surface area contributed by atoms with Crippen LogP contribution >= 0.6 is 0 Å². The van der Waals surface area contributed by atoms with E-state index in [1.54, 1.807) is 0 Å². The van der Waals surface area contributed by atoms with Crippen LogP contribution in [-0.4, -0.2) is 48.7 Å². The Morgan fingerprint density at radius 3 is 1.62 bits per heavy atom. The number of hydrogen-bond acceptors (Lipinski definition) is 4. The Labute approximate surface area is 122 Å². The molecule has 0 bridgehead atoms. The number of aliphatic carboxylic acids is 1. The van der Waals surface area contributed by atoms with Gasteiger partial charge in [0.25, 0.3) is 0 Å². The van der Waals surface area contributed by atoms with E-state index in [0.29, 0.717) is 0 Å². The Hall–Kier alpha value is -0.795. The summed E-state index contributed by atoms with van der Waals surface area (Å²) in [5.41, 5.74) is -0.396. The summed E-state index contributed by atoms with van der Waals surface area (Å²) in [6.07, 6.45) is -5.08. The summed E-state index contributed by atoms with van der Waals surface area (Å²) in [6, 6.07) is 0. The number of hydrogen-bond donors (Lipinski definition) is 2. The first-order chi connectivity index (χ1) is 9.21. The minimum absolute atomic E-state index is 0.0613. The minimum Gasteiger partial charge on any atom is -0.475 e. The lowest BCUT2D eigenvalue weighted by atomic mass is 9.55. The van der Waals surface area contributed by atoms with E-state index >= 15 is 0 Å². The highest BCUT2D eigenvalue weighted by Crippen LogP contribution is 2.46. The number of rotatable bonds is 1. The van der Waals surface area contributed by atoms with Gasteiger partial charge in [-0.05, 0) is 27.7 Å². The van der Waals surface area contributed by atoms with Crippen LogP contribution in [0.2, 0.25) is 5.31 Å². The molecule has 9 heteroatoms. The van der Waals surface area contributed by atoms with Crippen molar-refractivity contribution in [2.24, 2.45) is 0 Å². The van der Waals surface area contributed by atoms with Gasteiger partial charge in [-0.3, -0.25) is 0 Å². The van der Waals surface area contributed by atoms with E-state index in [-0.39, 0.29) is 23.6 Å². The summed E-state index contributed by atoms with van der Waals surface area (Å²) in [6.45, 7) is 12.6. The molecule has 2 saturated heterocycles. The molecule has 0 aromatic heterocycles. The molecule has 2 aliphatic heterocycles. The number of halogens is 3. The quantitative estimate of drug-likeness (QED) is 0.726. The molecule has 2 fully saturated rings. The third-order valence-electron chi connectivity index (χ3n) is 4.12. The van der Waals surface area contributed by atoms with Crippen LogP contribution in [-0.2, 0) is 14.1 Å². The van der Waals surface area contributed by atoms with E-state index in [2.05, 4.69) is 39.9 Å². The predicted octanol–water partition coefficient (Wildman–Crippen LogP) is 2.08. The molecule has 0 aliphatic carbocycles. The highest BCUT2D eigenvalue weighted by molar-refractivity contribution is 6.50. The molecule has 0 aromatic rings. The molecule has 0 amide bonds. The molecule has 0 radical (unpaired) electrons. The fourth-order valence-corrected chi connectivity index (χ4v) is 1.81. The van der Waals surface area contributed by atoms with Crippen LogP contribution < -0.4 is 5.32 Å². The molecule has 2 aliphatic rings. The fraction of sp³-hybridized carbons (Fsp3) is 0.917. The highest BCUT2D eigenvalue weighted by atomic mass is 19.4. The van der Waals surface area contributed by atoms with E-state index in [9.17, 15) is 13.2 Å². The molecule has 0 unspecified atom stereocenters. The Morgan fingerprint density at radius 2 is 1.43 bits per heavy atom. The molecule has 0 atom stereocenters. The van der Waals surface area contributed by atoms with Crippen LogP contribution in [0.3, 0.4) is 0 Å². The van der Waals surface area contributed by atoms with Crippen LogP contribution in [0.1, 0.15) is 34.6 Å². The van der Waals surface area contributed by atoms with Crippen LogP contribution in [0.15, 0.2) is 0 Å². The van der Waals surface area contributed by atoms with Crippen LogP contribution in [0.25, 0.3) is 0 Å². The zero-order valence-electron chi connectivity index (χ0n) is 12.8. The van der Waals surface area contributed by atoms with Gasteiger partial charge in [0.15, 0.2) is 0 Å². The van der Waals surface area contributed by atoms with E-state index in [0.717, 1.165) is 13.1 Å². The van der Waals surface area contributed by atoms with Crippen molar-refractivity contribution in [3.63, 3.8) is 0 Å². The van der Waals surface area contributed by atoms with Crippen molar-refractivity contribution in [1.82, 2.24) is 5.32 Å². The topological polar surface area (TPSA) is 67.8 Å². The Kier molecular flexibility index (Phi) is 4.73. The molecule has 2 N–H and O–H groups in total. The normalized spacial score (nSPS) is 25.6. The van der Waals surface area contributed by atoms with Crippen LogP contribution in [0.5, 0.6) is 0 Å². The van der Waals surface area contributed by atoms with Gasteiger partial charge in [-0.25, -0.2) is 4.79 Å². The summed E-state index contributed by atoms with van der Waals surface area (Å²) in [4.78, 5) is 8.90. The van der Waals surface area contributed by atoms with Gasteiger partial charge in [-0.2, -0.15) is 13.2 Å². The van der Waals surface area contributed by atoms with Crippen molar-refractivity contribution in [1.29, 1.82) is 0 Å². The van der Waals surface area contributed by atoms with Crippen molar-refractivity contribution in [3.05, 3.63) is 0 Å². The van der Waals surface area contributed by atoms with E-state index in [1.807, 2.05) is 0 Å². The first-order valence-corrected chi connectivity index (χ1v) is 6.58. The van der Waals surface area contributed by atoms with Crippen LogP contribution in [0, 0.1) is 0 Å². The molecule has 2 rings (SSSR count). The SMILES string of the molecule is CC1(B2OC(C)(C)C(C)(C)O2)CNC1.O=C(O)C(F)(F)F. The smallest absolute Gasteiger partial charge is 0.475 e. The lowest BCUT2D eigenvalue weighted by Crippen LogP contribution is -2.55. The second kappa shape index (κ2) is 5.44. The highest BCUT2D eigenvalue weighted by Gasteiger charge is 2.59. The second-order valence-corrected chi connectivity index (χ2v) is 6.65. The molecule has 0 spiro atoms. The lowest BCUT2D eigenvalue weighted by Gasteiger charge is -2.40. The van der Waals surface area contributed by atoms with E-state index < -0.39 is 12.1 Å². The molecule has 0 saturated carbocycles. The van der Waals surface area contributed by atoms with Crippen molar-refractivity contribution in [2.45, 2.75) is 57.3 Å². The number of carboxylic acid groups (broad SMARTS) is 1. The average molecular weight is 311 g/mol. The molecule has 5 nitrogen and oxygen atoms in total. The maximum atomic E-state index is 10.6. The standard InChI is InChI=1S/C10H20BNO2.C2HF3O2/c1-8(2)9(3,4)14-11(13-8)10(5)6-12-7-10;3-2(4,5)1(6)7/h12H,6-7H2,1-5H3;(H,6,7). The second-order valence-electron chi connectivity index (χ2n) is 6.65. The number of carboxylic acids is 1. The summed E-state index contributed by atoms with van der Waals surface area (Å²) in [5, 5.41) is 10.6.